The first kappa shape index (κ1) is 15.3. The van der Waals surface area contributed by atoms with Gasteiger partial charge in [-0.05, 0) is 36.6 Å². The van der Waals surface area contributed by atoms with Crippen LogP contribution in [-0.4, -0.2) is 27.8 Å². The molecule has 0 saturated heterocycles. The van der Waals surface area contributed by atoms with Crippen LogP contribution in [0.4, 0.5) is 10.5 Å². The number of aromatic nitrogens is 1. The SMILES string of the molecule is N#Cc1ccc(C2CCC(=O)C3(C=Nc4ccccc43)C2)n1C(=O)O. The van der Waals surface area contributed by atoms with Gasteiger partial charge in [-0.1, -0.05) is 18.2 Å². The maximum Gasteiger partial charge on any atom is 0.416 e. The molecule has 0 radical (unpaired) electrons. The Kier molecular flexibility index (Phi) is 3.32. The maximum absolute atomic E-state index is 12.8. The molecule has 124 valence electrons. The number of rotatable bonds is 1. The van der Waals surface area contributed by atoms with E-state index in [1.54, 1.807) is 12.3 Å². The van der Waals surface area contributed by atoms with Crippen molar-refractivity contribution in [3.8, 4) is 6.07 Å². The number of benzene rings is 1. The largest absolute Gasteiger partial charge is 0.464 e. The predicted octanol–water partition coefficient (Wildman–Crippen LogP) is 3.38. The maximum atomic E-state index is 12.8. The fraction of sp³-hybridized carbons (Fsp3) is 0.263. The van der Waals surface area contributed by atoms with E-state index in [2.05, 4.69) is 4.99 Å². The first-order valence-corrected chi connectivity index (χ1v) is 8.10. The van der Waals surface area contributed by atoms with E-state index in [1.807, 2.05) is 30.3 Å². The van der Waals surface area contributed by atoms with E-state index < -0.39 is 11.5 Å². The first-order valence-electron chi connectivity index (χ1n) is 8.10. The van der Waals surface area contributed by atoms with Crippen molar-refractivity contribution in [3.63, 3.8) is 0 Å². The number of hydrogen-bond donors (Lipinski definition) is 1. The Hall–Kier alpha value is -3.20. The van der Waals surface area contributed by atoms with Gasteiger partial charge < -0.3 is 5.11 Å². The van der Waals surface area contributed by atoms with Crippen LogP contribution in [-0.2, 0) is 10.2 Å². The number of nitrogens with zero attached hydrogens (tertiary/aromatic N) is 3. The first-order chi connectivity index (χ1) is 12.1. The fourth-order valence-electron chi connectivity index (χ4n) is 4.05. The van der Waals surface area contributed by atoms with Crippen LogP contribution in [0.15, 0.2) is 41.4 Å². The molecule has 4 rings (SSSR count). The lowest BCUT2D eigenvalue weighted by atomic mass is 9.65. The topological polar surface area (TPSA) is 95.5 Å². The lowest BCUT2D eigenvalue weighted by Gasteiger charge is -2.35. The summed E-state index contributed by atoms with van der Waals surface area (Å²) in [4.78, 5) is 28.8. The summed E-state index contributed by atoms with van der Waals surface area (Å²) in [6, 6.07) is 12.7. The van der Waals surface area contributed by atoms with Gasteiger partial charge >= 0.3 is 6.09 Å². The van der Waals surface area contributed by atoms with E-state index in [4.69, 9.17) is 5.26 Å². The van der Waals surface area contributed by atoms with Crippen molar-refractivity contribution >= 4 is 23.8 Å². The summed E-state index contributed by atoms with van der Waals surface area (Å²) in [7, 11) is 0. The summed E-state index contributed by atoms with van der Waals surface area (Å²) in [6.07, 6.45) is 1.93. The minimum Gasteiger partial charge on any atom is -0.464 e. The van der Waals surface area contributed by atoms with E-state index in [1.165, 1.54) is 6.07 Å². The van der Waals surface area contributed by atoms with Gasteiger partial charge in [-0.25, -0.2) is 9.36 Å². The Morgan fingerprint density at radius 2 is 2.12 bits per heavy atom. The molecule has 2 heterocycles. The molecular formula is C19H15N3O3. The normalized spacial score (nSPS) is 24.3. The second-order valence-electron chi connectivity index (χ2n) is 6.48. The highest BCUT2D eigenvalue weighted by Gasteiger charge is 2.48. The van der Waals surface area contributed by atoms with Crippen LogP contribution < -0.4 is 0 Å². The minimum absolute atomic E-state index is 0.0916. The molecule has 1 aromatic carbocycles. The smallest absolute Gasteiger partial charge is 0.416 e. The molecule has 2 atom stereocenters. The lowest BCUT2D eigenvalue weighted by Crippen LogP contribution is -2.41. The van der Waals surface area contributed by atoms with Gasteiger partial charge in [0.15, 0.2) is 0 Å². The molecule has 2 aliphatic rings. The van der Waals surface area contributed by atoms with Gasteiger partial charge in [-0.3, -0.25) is 9.79 Å². The van der Waals surface area contributed by atoms with Crippen LogP contribution in [0.1, 0.15) is 42.1 Å². The molecule has 6 heteroatoms. The second kappa shape index (κ2) is 5.42. The Morgan fingerprint density at radius 3 is 2.88 bits per heavy atom. The van der Waals surface area contributed by atoms with Gasteiger partial charge in [0.05, 0.1) is 11.1 Å². The summed E-state index contributed by atoms with van der Waals surface area (Å²) in [5, 5.41) is 18.6. The van der Waals surface area contributed by atoms with Gasteiger partial charge in [0.1, 0.15) is 17.5 Å². The van der Waals surface area contributed by atoms with Crippen molar-refractivity contribution in [1.29, 1.82) is 5.26 Å². The average molecular weight is 333 g/mol. The Labute approximate surface area is 144 Å². The molecule has 2 unspecified atom stereocenters. The fourth-order valence-corrected chi connectivity index (χ4v) is 4.05. The molecule has 0 amide bonds. The Balaban J connectivity index is 1.78. The predicted molar refractivity (Wildman–Crippen MR) is 90.4 cm³/mol. The van der Waals surface area contributed by atoms with Crippen molar-refractivity contribution in [2.24, 2.45) is 4.99 Å². The average Bonchev–Trinajstić information content (AvgIpc) is 3.20. The Bertz CT molecular complexity index is 967. The number of para-hydroxylation sites is 1. The van der Waals surface area contributed by atoms with Gasteiger partial charge in [0.25, 0.3) is 0 Å². The third kappa shape index (κ3) is 2.13. The molecule has 1 aliphatic carbocycles. The van der Waals surface area contributed by atoms with Crippen LogP contribution in [0.5, 0.6) is 0 Å². The Morgan fingerprint density at radius 1 is 1.32 bits per heavy atom. The van der Waals surface area contributed by atoms with Gasteiger partial charge in [0, 0.05) is 24.2 Å². The van der Waals surface area contributed by atoms with Gasteiger partial charge in [0.2, 0.25) is 0 Å². The van der Waals surface area contributed by atoms with Crippen molar-refractivity contribution in [1.82, 2.24) is 4.57 Å². The molecule has 25 heavy (non-hydrogen) atoms. The van der Waals surface area contributed by atoms with Gasteiger partial charge in [-0.15, -0.1) is 0 Å². The van der Waals surface area contributed by atoms with Crippen LogP contribution >= 0.6 is 0 Å². The number of nitriles is 1. The van der Waals surface area contributed by atoms with E-state index in [0.29, 0.717) is 25.0 Å². The van der Waals surface area contributed by atoms with Crippen LogP contribution in [0.2, 0.25) is 0 Å². The minimum atomic E-state index is -1.18. The molecule has 2 aromatic rings. The highest BCUT2D eigenvalue weighted by molar-refractivity contribution is 6.10. The molecule has 1 N–H and O–H groups in total. The molecule has 0 bridgehead atoms. The monoisotopic (exact) mass is 333 g/mol. The number of ketones is 1. The van der Waals surface area contributed by atoms with Crippen molar-refractivity contribution < 1.29 is 14.7 Å². The third-order valence-electron chi connectivity index (χ3n) is 5.23. The highest BCUT2D eigenvalue weighted by atomic mass is 16.4. The summed E-state index contributed by atoms with van der Waals surface area (Å²) >= 11 is 0. The zero-order chi connectivity index (χ0) is 17.6. The van der Waals surface area contributed by atoms with E-state index in [-0.39, 0.29) is 17.4 Å². The number of aliphatic imine (C=N–C) groups is 1. The van der Waals surface area contributed by atoms with Gasteiger partial charge in [-0.2, -0.15) is 5.26 Å². The number of Topliss-reactive ketones (excluding diaryl/α,β-unsaturated/α-hetero) is 1. The third-order valence-corrected chi connectivity index (χ3v) is 5.23. The summed E-state index contributed by atoms with van der Waals surface area (Å²) in [6.45, 7) is 0. The van der Waals surface area contributed by atoms with E-state index in [0.717, 1.165) is 15.8 Å². The summed E-state index contributed by atoms with van der Waals surface area (Å²) in [5.41, 5.74) is 1.55. The standard InChI is InChI=1S/C19H15N3O3/c20-10-13-6-7-16(22(13)18(24)25)12-5-8-17(23)19(9-12)11-21-15-4-2-1-3-14(15)19/h1-4,6-7,11-12H,5,8-9H2,(H,24,25). The zero-order valence-corrected chi connectivity index (χ0v) is 13.3. The quantitative estimate of drug-likeness (QED) is 0.865. The molecular weight excluding hydrogens is 318 g/mol. The molecule has 6 nitrogen and oxygen atoms in total. The number of carbonyl (C=O) groups excluding carboxylic acids is 1. The van der Waals surface area contributed by atoms with E-state index in [9.17, 15) is 14.7 Å². The molecule has 1 saturated carbocycles. The van der Waals surface area contributed by atoms with Crippen LogP contribution in [0.3, 0.4) is 0 Å². The number of carbonyl (C=O) groups is 2. The van der Waals surface area contributed by atoms with Crippen LogP contribution in [0.25, 0.3) is 0 Å². The molecule has 1 spiro atoms. The molecule has 1 aromatic heterocycles. The van der Waals surface area contributed by atoms with Crippen molar-refractivity contribution in [2.75, 3.05) is 0 Å². The second-order valence-corrected chi connectivity index (χ2v) is 6.48. The number of fused-ring (bicyclic) bond motifs is 2. The number of carboxylic acid groups (broad SMARTS) is 1. The highest BCUT2D eigenvalue weighted by Crippen LogP contribution is 2.48. The van der Waals surface area contributed by atoms with Crippen molar-refractivity contribution in [2.45, 2.75) is 30.6 Å². The lowest BCUT2D eigenvalue weighted by molar-refractivity contribution is -0.124. The van der Waals surface area contributed by atoms with Crippen molar-refractivity contribution in [3.05, 3.63) is 53.3 Å². The zero-order valence-electron chi connectivity index (χ0n) is 13.3. The van der Waals surface area contributed by atoms with Crippen LogP contribution in [0, 0.1) is 11.3 Å². The summed E-state index contributed by atoms with van der Waals surface area (Å²) < 4.78 is 1.03. The molecule has 1 aliphatic heterocycles. The molecule has 1 fully saturated rings. The number of hydrogen-bond acceptors (Lipinski definition) is 4. The van der Waals surface area contributed by atoms with E-state index >= 15 is 0 Å². The summed E-state index contributed by atoms with van der Waals surface area (Å²) in [5.74, 6) is -0.0140.